The summed E-state index contributed by atoms with van der Waals surface area (Å²) >= 11 is 0. The summed E-state index contributed by atoms with van der Waals surface area (Å²) in [6.07, 6.45) is 0. The van der Waals surface area contributed by atoms with E-state index in [1.165, 1.54) is 31.3 Å². The Morgan fingerprint density at radius 1 is 1.50 bits per heavy atom. The van der Waals surface area contributed by atoms with Gasteiger partial charge in [0.05, 0.1) is 10.8 Å². The summed E-state index contributed by atoms with van der Waals surface area (Å²) in [6, 6.07) is 5.89. The SMILES string of the molecule is C/[N+]([O-])=N\Nc1ccc(C(=O)O)cc1. The van der Waals surface area contributed by atoms with Gasteiger partial charge in [0.1, 0.15) is 12.7 Å². The lowest BCUT2D eigenvalue weighted by Crippen LogP contribution is -1.98. The number of aromatic carboxylic acids is 1. The molecule has 0 unspecified atom stereocenters. The summed E-state index contributed by atoms with van der Waals surface area (Å²) in [4.78, 5) is 10.8. The van der Waals surface area contributed by atoms with Gasteiger partial charge in [-0.1, -0.05) is 0 Å². The highest BCUT2D eigenvalue weighted by Gasteiger charge is 2.02. The van der Waals surface area contributed by atoms with E-state index < -0.39 is 5.97 Å². The Labute approximate surface area is 80.0 Å². The lowest BCUT2D eigenvalue weighted by Gasteiger charge is -1.98. The minimum Gasteiger partial charge on any atom is -0.696 e. The average molecular weight is 195 g/mol. The Bertz CT molecular complexity index is 355. The molecule has 74 valence electrons. The monoisotopic (exact) mass is 195 g/mol. The van der Waals surface area contributed by atoms with Gasteiger partial charge in [0, 0.05) is 0 Å². The zero-order valence-corrected chi connectivity index (χ0v) is 7.47. The second-order valence-corrected chi connectivity index (χ2v) is 2.56. The van der Waals surface area contributed by atoms with E-state index >= 15 is 0 Å². The standard InChI is InChI=1S/C8H9N3O3/c1-11(14)10-9-7-4-2-6(3-5-7)8(12)13/h2-5,9H,1H3,(H,12,13)/b11-10+. The van der Waals surface area contributed by atoms with E-state index in [9.17, 15) is 10.0 Å². The van der Waals surface area contributed by atoms with Crippen molar-refractivity contribution in [2.24, 2.45) is 5.22 Å². The number of rotatable bonds is 3. The predicted octanol–water partition coefficient (Wildman–Crippen LogP) is 1.30. The molecular formula is C8H9N3O3. The zero-order chi connectivity index (χ0) is 10.6. The molecule has 1 aromatic carbocycles. The predicted molar refractivity (Wildman–Crippen MR) is 49.0 cm³/mol. The van der Waals surface area contributed by atoms with Gasteiger partial charge in [-0.15, -0.1) is 5.43 Å². The number of carbonyl (C=O) groups is 1. The fourth-order valence-corrected chi connectivity index (χ4v) is 0.815. The number of nitrogens with zero attached hydrogens (tertiary/aromatic N) is 2. The van der Waals surface area contributed by atoms with Gasteiger partial charge in [-0.05, 0) is 24.3 Å². The molecule has 0 aliphatic carbocycles. The molecule has 0 radical (unpaired) electrons. The maximum absolute atomic E-state index is 10.5. The molecule has 1 aromatic rings. The van der Waals surface area contributed by atoms with E-state index in [0.717, 1.165) is 0 Å². The highest BCUT2D eigenvalue weighted by Crippen LogP contribution is 2.09. The molecule has 6 heteroatoms. The molecular weight excluding hydrogens is 186 g/mol. The van der Waals surface area contributed by atoms with Gasteiger partial charge in [0.2, 0.25) is 0 Å². The normalized spacial score (nSPS) is 11.1. The highest BCUT2D eigenvalue weighted by molar-refractivity contribution is 5.87. The van der Waals surface area contributed by atoms with Gasteiger partial charge in [-0.3, -0.25) is 0 Å². The van der Waals surface area contributed by atoms with Crippen LogP contribution in [0.15, 0.2) is 29.5 Å². The molecule has 0 heterocycles. The third kappa shape index (κ3) is 2.74. The Balaban J connectivity index is 2.74. The van der Waals surface area contributed by atoms with Crippen molar-refractivity contribution in [3.05, 3.63) is 35.0 Å². The van der Waals surface area contributed by atoms with Gasteiger partial charge in [0.25, 0.3) is 0 Å². The molecule has 0 aliphatic heterocycles. The number of carboxylic acids is 1. The molecule has 2 N–H and O–H groups in total. The first-order valence-electron chi connectivity index (χ1n) is 3.80. The minimum absolute atomic E-state index is 0.186. The van der Waals surface area contributed by atoms with E-state index in [2.05, 4.69) is 10.6 Å². The maximum Gasteiger partial charge on any atom is 0.335 e. The topological polar surface area (TPSA) is 87.8 Å². The molecule has 0 aromatic heterocycles. The minimum atomic E-state index is -0.991. The van der Waals surface area contributed by atoms with Crippen LogP contribution in [0.2, 0.25) is 0 Å². The Kier molecular flexibility index (Phi) is 3.01. The first kappa shape index (κ1) is 9.97. The Hall–Kier alpha value is -2.11. The van der Waals surface area contributed by atoms with Crippen molar-refractivity contribution in [1.82, 2.24) is 0 Å². The van der Waals surface area contributed by atoms with Crippen molar-refractivity contribution in [3.63, 3.8) is 0 Å². The van der Waals surface area contributed by atoms with Crippen LogP contribution in [0.5, 0.6) is 0 Å². The summed E-state index contributed by atoms with van der Waals surface area (Å²) in [7, 11) is 1.23. The number of benzene rings is 1. The molecule has 0 saturated carbocycles. The Morgan fingerprint density at radius 3 is 2.50 bits per heavy atom. The van der Waals surface area contributed by atoms with Crippen molar-refractivity contribution >= 4 is 11.7 Å². The van der Waals surface area contributed by atoms with Gasteiger partial charge in [0.15, 0.2) is 0 Å². The average Bonchev–Trinajstić information content (AvgIpc) is 2.15. The van der Waals surface area contributed by atoms with Crippen LogP contribution >= 0.6 is 0 Å². The van der Waals surface area contributed by atoms with Crippen LogP contribution in [0.1, 0.15) is 10.4 Å². The third-order valence-electron chi connectivity index (χ3n) is 1.45. The zero-order valence-electron chi connectivity index (χ0n) is 7.47. The maximum atomic E-state index is 10.5. The number of carboxylic acid groups (broad SMARTS) is 1. The first-order chi connectivity index (χ1) is 6.59. The molecule has 0 saturated heterocycles. The Morgan fingerprint density at radius 2 is 2.07 bits per heavy atom. The molecule has 0 aliphatic rings. The summed E-state index contributed by atoms with van der Waals surface area (Å²) in [5.41, 5.74) is 3.20. The smallest absolute Gasteiger partial charge is 0.335 e. The van der Waals surface area contributed by atoms with Crippen LogP contribution in [0.25, 0.3) is 0 Å². The summed E-state index contributed by atoms with van der Waals surface area (Å²) < 4.78 is 0. The van der Waals surface area contributed by atoms with Crippen LogP contribution in [-0.4, -0.2) is 23.0 Å². The van der Waals surface area contributed by atoms with Crippen molar-refractivity contribution in [2.75, 3.05) is 12.5 Å². The summed E-state index contributed by atoms with van der Waals surface area (Å²) in [5.74, 6) is -0.991. The molecule has 1 rings (SSSR count). The quantitative estimate of drug-likeness (QED) is 0.432. The fourth-order valence-electron chi connectivity index (χ4n) is 0.815. The largest absolute Gasteiger partial charge is 0.696 e. The fraction of sp³-hybridized carbons (Fsp3) is 0.125. The number of hydrogen-bond donors (Lipinski definition) is 2. The molecule has 0 atom stereocenters. The summed E-state index contributed by atoms with van der Waals surface area (Å²) in [6.45, 7) is 0. The number of nitrogens with one attached hydrogen (secondary N) is 1. The van der Waals surface area contributed by atoms with Crippen LogP contribution in [0.3, 0.4) is 0 Å². The molecule has 0 spiro atoms. The lowest BCUT2D eigenvalue weighted by molar-refractivity contribution is -0.497. The number of hydrogen-bond acceptors (Lipinski definition) is 3. The second kappa shape index (κ2) is 4.22. The van der Waals surface area contributed by atoms with E-state index in [0.29, 0.717) is 10.5 Å². The van der Waals surface area contributed by atoms with E-state index in [4.69, 9.17) is 5.11 Å². The highest BCUT2D eigenvalue weighted by atomic mass is 16.5. The van der Waals surface area contributed by atoms with Gasteiger partial charge >= 0.3 is 5.97 Å². The second-order valence-electron chi connectivity index (χ2n) is 2.56. The van der Waals surface area contributed by atoms with Gasteiger partial charge in [-0.25, -0.2) is 4.79 Å². The lowest BCUT2D eigenvalue weighted by atomic mass is 10.2. The van der Waals surface area contributed by atoms with Crippen molar-refractivity contribution in [3.8, 4) is 0 Å². The number of anilines is 1. The molecule has 0 bridgehead atoms. The van der Waals surface area contributed by atoms with Crippen LogP contribution < -0.4 is 5.43 Å². The molecule has 0 fully saturated rings. The van der Waals surface area contributed by atoms with Crippen molar-refractivity contribution in [2.45, 2.75) is 0 Å². The van der Waals surface area contributed by atoms with Crippen molar-refractivity contribution < 1.29 is 14.8 Å². The summed E-state index contributed by atoms with van der Waals surface area (Å²) in [5, 5.41) is 22.3. The van der Waals surface area contributed by atoms with E-state index in [1.54, 1.807) is 0 Å². The molecule has 14 heavy (non-hydrogen) atoms. The van der Waals surface area contributed by atoms with E-state index in [-0.39, 0.29) is 5.56 Å². The van der Waals surface area contributed by atoms with Gasteiger partial charge < -0.3 is 10.3 Å². The van der Waals surface area contributed by atoms with Crippen LogP contribution in [0.4, 0.5) is 5.69 Å². The number of hydroxylamine groups is 1. The van der Waals surface area contributed by atoms with Crippen LogP contribution in [-0.2, 0) is 0 Å². The van der Waals surface area contributed by atoms with E-state index in [1.807, 2.05) is 0 Å². The molecule has 0 amide bonds. The first-order valence-corrected chi connectivity index (χ1v) is 3.80. The molecule has 6 nitrogen and oxygen atoms in total. The van der Waals surface area contributed by atoms with Crippen LogP contribution in [0, 0.1) is 5.21 Å². The van der Waals surface area contributed by atoms with Crippen molar-refractivity contribution in [1.29, 1.82) is 0 Å². The third-order valence-corrected chi connectivity index (χ3v) is 1.45. The van der Waals surface area contributed by atoms with Gasteiger partial charge in [-0.2, -0.15) is 4.86 Å².